The lowest BCUT2D eigenvalue weighted by molar-refractivity contribution is -0.130. The van der Waals surface area contributed by atoms with Crippen LogP contribution in [0.15, 0.2) is 0 Å². The molecule has 1 amide bonds. The van der Waals surface area contributed by atoms with E-state index in [1.54, 1.807) is 0 Å². The predicted octanol–water partition coefficient (Wildman–Crippen LogP) is 2.62. The van der Waals surface area contributed by atoms with Crippen molar-refractivity contribution in [1.82, 2.24) is 10.2 Å². The van der Waals surface area contributed by atoms with Crippen LogP contribution in [0, 0.1) is 17.8 Å². The van der Waals surface area contributed by atoms with Gasteiger partial charge >= 0.3 is 0 Å². The van der Waals surface area contributed by atoms with Crippen molar-refractivity contribution < 1.29 is 4.79 Å². The van der Waals surface area contributed by atoms with Crippen LogP contribution < -0.4 is 5.32 Å². The molecule has 0 aromatic heterocycles. The molecule has 2 rings (SSSR count). The minimum absolute atomic E-state index is 0.0754. The quantitative estimate of drug-likeness (QED) is 0.788. The fourth-order valence-corrected chi connectivity index (χ4v) is 2.98. The van der Waals surface area contributed by atoms with E-state index in [4.69, 9.17) is 0 Å². The second-order valence-electron chi connectivity index (χ2n) is 6.51. The van der Waals surface area contributed by atoms with Crippen LogP contribution in [0.25, 0.3) is 0 Å². The maximum absolute atomic E-state index is 12.5. The molecule has 0 bridgehead atoms. The predicted molar refractivity (Wildman–Crippen MR) is 74.1 cm³/mol. The fourth-order valence-electron chi connectivity index (χ4n) is 2.98. The zero-order valence-corrected chi connectivity index (χ0v) is 12.3. The Bertz CT molecular complexity index is 303. The monoisotopic (exact) mass is 252 g/mol. The summed E-state index contributed by atoms with van der Waals surface area (Å²) in [6.45, 7) is 9.85. The number of amides is 1. The van der Waals surface area contributed by atoms with E-state index in [1.165, 1.54) is 6.42 Å². The van der Waals surface area contributed by atoms with Crippen LogP contribution in [-0.4, -0.2) is 29.6 Å². The van der Waals surface area contributed by atoms with Crippen molar-refractivity contribution in [2.75, 3.05) is 6.54 Å². The molecule has 4 atom stereocenters. The van der Waals surface area contributed by atoms with E-state index in [-0.39, 0.29) is 12.2 Å². The summed E-state index contributed by atoms with van der Waals surface area (Å²) >= 11 is 0. The summed E-state index contributed by atoms with van der Waals surface area (Å²) in [5.74, 6) is 2.41. The van der Waals surface area contributed by atoms with Crippen LogP contribution in [0.4, 0.5) is 0 Å². The van der Waals surface area contributed by atoms with Crippen LogP contribution in [0.1, 0.15) is 53.4 Å². The van der Waals surface area contributed by atoms with Crippen LogP contribution in [-0.2, 0) is 4.79 Å². The van der Waals surface area contributed by atoms with E-state index >= 15 is 0 Å². The molecule has 3 nitrogen and oxygen atoms in total. The number of unbranched alkanes of at least 4 members (excludes halogenated alkanes) is 1. The highest BCUT2D eigenvalue weighted by atomic mass is 16.2. The summed E-state index contributed by atoms with van der Waals surface area (Å²) in [6, 6.07) is 0.0754. The van der Waals surface area contributed by atoms with Gasteiger partial charge in [-0.25, -0.2) is 0 Å². The van der Waals surface area contributed by atoms with Crippen molar-refractivity contribution in [3.63, 3.8) is 0 Å². The summed E-state index contributed by atoms with van der Waals surface area (Å²) in [6.07, 6.45) is 4.86. The van der Waals surface area contributed by atoms with Gasteiger partial charge in [0.15, 0.2) is 0 Å². The van der Waals surface area contributed by atoms with Gasteiger partial charge in [-0.15, -0.1) is 0 Å². The maximum Gasteiger partial charge on any atom is 0.241 e. The Morgan fingerprint density at radius 3 is 2.61 bits per heavy atom. The van der Waals surface area contributed by atoms with Gasteiger partial charge in [0.25, 0.3) is 0 Å². The third-order valence-electron chi connectivity index (χ3n) is 4.47. The van der Waals surface area contributed by atoms with E-state index < -0.39 is 0 Å². The van der Waals surface area contributed by atoms with Gasteiger partial charge in [-0.05, 0) is 30.6 Å². The molecule has 4 unspecified atom stereocenters. The summed E-state index contributed by atoms with van der Waals surface area (Å²) in [5, 5.41) is 3.55. The van der Waals surface area contributed by atoms with Crippen molar-refractivity contribution in [3.8, 4) is 0 Å². The maximum atomic E-state index is 12.5. The molecule has 0 aromatic rings. The molecule has 1 saturated heterocycles. The lowest BCUT2D eigenvalue weighted by atomic mass is 10.1. The van der Waals surface area contributed by atoms with Crippen LogP contribution in [0.5, 0.6) is 0 Å². The molecule has 1 saturated carbocycles. The highest BCUT2D eigenvalue weighted by Gasteiger charge is 2.44. The first kappa shape index (κ1) is 13.9. The van der Waals surface area contributed by atoms with Gasteiger partial charge in [0, 0.05) is 6.54 Å². The third kappa shape index (κ3) is 2.87. The molecule has 1 aliphatic carbocycles. The van der Waals surface area contributed by atoms with Gasteiger partial charge in [0.1, 0.15) is 0 Å². The first-order valence-corrected chi connectivity index (χ1v) is 7.61. The molecule has 104 valence electrons. The highest BCUT2D eigenvalue weighted by molar-refractivity contribution is 5.84. The number of hydrogen-bond donors (Lipinski definition) is 1. The van der Waals surface area contributed by atoms with Crippen molar-refractivity contribution >= 4 is 5.91 Å². The molecule has 18 heavy (non-hydrogen) atoms. The Morgan fingerprint density at radius 1 is 1.44 bits per heavy atom. The van der Waals surface area contributed by atoms with Gasteiger partial charge in [0.2, 0.25) is 5.91 Å². The minimum Gasteiger partial charge on any atom is -0.325 e. The number of nitrogens with zero attached hydrogens (tertiary/aromatic N) is 1. The summed E-state index contributed by atoms with van der Waals surface area (Å²) in [7, 11) is 0. The Labute approximate surface area is 111 Å². The van der Waals surface area contributed by atoms with Crippen LogP contribution >= 0.6 is 0 Å². The number of carbonyl (C=O) groups excluding carboxylic acids is 1. The summed E-state index contributed by atoms with van der Waals surface area (Å²) < 4.78 is 0. The van der Waals surface area contributed by atoms with Gasteiger partial charge in [-0.2, -0.15) is 0 Å². The van der Waals surface area contributed by atoms with E-state index in [0.29, 0.717) is 11.8 Å². The Balaban J connectivity index is 1.97. The second kappa shape index (κ2) is 5.60. The van der Waals surface area contributed by atoms with Crippen molar-refractivity contribution in [1.29, 1.82) is 0 Å². The smallest absolute Gasteiger partial charge is 0.241 e. The molecule has 2 fully saturated rings. The molecule has 1 aliphatic heterocycles. The zero-order chi connectivity index (χ0) is 13.3. The fraction of sp³-hybridized carbons (Fsp3) is 0.933. The van der Waals surface area contributed by atoms with Gasteiger partial charge in [-0.3, -0.25) is 10.1 Å². The van der Waals surface area contributed by atoms with Gasteiger partial charge in [-0.1, -0.05) is 40.5 Å². The van der Waals surface area contributed by atoms with E-state index in [2.05, 4.69) is 37.9 Å². The van der Waals surface area contributed by atoms with Crippen LogP contribution in [0.2, 0.25) is 0 Å². The number of nitrogens with one attached hydrogen (secondary N) is 1. The molecular weight excluding hydrogens is 224 g/mol. The molecule has 0 spiro atoms. The number of hydrogen-bond acceptors (Lipinski definition) is 2. The van der Waals surface area contributed by atoms with Gasteiger partial charge < -0.3 is 4.90 Å². The molecule has 1 N–H and O–H groups in total. The topological polar surface area (TPSA) is 32.3 Å². The zero-order valence-electron chi connectivity index (χ0n) is 12.3. The lowest BCUT2D eigenvalue weighted by Crippen LogP contribution is -2.42. The van der Waals surface area contributed by atoms with Crippen molar-refractivity contribution in [3.05, 3.63) is 0 Å². The molecule has 1 heterocycles. The standard InChI is InChI=1S/C15H28N2O/c1-5-6-7-13-15(18)17(9-12-8-11(12)4)14(16-13)10(2)3/h10-14,16H,5-9H2,1-4H3. The molecule has 2 aliphatic rings. The number of carbonyl (C=O) groups is 1. The Hall–Kier alpha value is -0.570. The molecule has 3 heteroatoms. The Kier molecular flexibility index (Phi) is 4.31. The second-order valence-corrected chi connectivity index (χ2v) is 6.51. The molecule has 0 aromatic carbocycles. The van der Waals surface area contributed by atoms with E-state index in [1.807, 2.05) is 0 Å². The lowest BCUT2D eigenvalue weighted by Gasteiger charge is -2.27. The molecule has 0 radical (unpaired) electrons. The SMILES string of the molecule is CCCCC1NC(C(C)C)N(CC2CC2C)C1=O. The normalized spacial score (nSPS) is 35.6. The van der Waals surface area contributed by atoms with Crippen molar-refractivity contribution in [2.45, 2.75) is 65.6 Å². The first-order valence-electron chi connectivity index (χ1n) is 7.61. The van der Waals surface area contributed by atoms with Gasteiger partial charge in [0.05, 0.1) is 12.2 Å². The highest BCUT2D eigenvalue weighted by Crippen LogP contribution is 2.39. The largest absolute Gasteiger partial charge is 0.325 e. The average Bonchev–Trinajstić information content (AvgIpc) is 2.92. The van der Waals surface area contributed by atoms with Crippen LogP contribution in [0.3, 0.4) is 0 Å². The first-order chi connectivity index (χ1) is 8.54. The van der Waals surface area contributed by atoms with Crippen molar-refractivity contribution in [2.24, 2.45) is 17.8 Å². The summed E-state index contributed by atoms with van der Waals surface area (Å²) in [5.41, 5.74) is 0. The minimum atomic E-state index is 0.0754. The number of rotatable bonds is 6. The van der Waals surface area contributed by atoms with E-state index in [0.717, 1.165) is 37.6 Å². The third-order valence-corrected chi connectivity index (χ3v) is 4.47. The summed E-state index contributed by atoms with van der Waals surface area (Å²) in [4.78, 5) is 14.6. The van der Waals surface area contributed by atoms with E-state index in [9.17, 15) is 4.79 Å². The average molecular weight is 252 g/mol. The Morgan fingerprint density at radius 2 is 2.11 bits per heavy atom. The molecular formula is C15H28N2O.